The molecule has 132 valence electrons. The molecule has 6 heteroatoms. The van der Waals surface area contributed by atoms with Crippen LogP contribution in [0.1, 0.15) is 11.1 Å². The van der Waals surface area contributed by atoms with E-state index in [4.69, 9.17) is 10.1 Å². The third-order valence-corrected chi connectivity index (χ3v) is 5.49. The number of fused-ring (bicyclic) bond motifs is 1. The molecule has 27 heavy (non-hydrogen) atoms. The normalized spacial score (nSPS) is 14.0. The summed E-state index contributed by atoms with van der Waals surface area (Å²) in [7, 11) is 0. The lowest BCUT2D eigenvalue weighted by Crippen LogP contribution is -2.96. The summed E-state index contributed by atoms with van der Waals surface area (Å²) in [5, 5.41) is 9.71. The van der Waals surface area contributed by atoms with Crippen LogP contribution in [0.25, 0.3) is 10.2 Å². The minimum absolute atomic E-state index is 0.895. The van der Waals surface area contributed by atoms with Gasteiger partial charge in [0, 0.05) is 0 Å². The molecule has 5 nitrogen and oxygen atoms in total. The molecule has 1 aromatic heterocycles. The van der Waals surface area contributed by atoms with Crippen molar-refractivity contribution in [3.63, 3.8) is 0 Å². The Labute approximate surface area is 161 Å². The summed E-state index contributed by atoms with van der Waals surface area (Å²) in [6.45, 7) is 2.09. The smallest absolute Gasteiger partial charge is 0.214 e. The molecule has 5 rings (SSSR count). The van der Waals surface area contributed by atoms with Crippen LogP contribution in [0.3, 0.4) is 0 Å². The summed E-state index contributed by atoms with van der Waals surface area (Å²) in [5.41, 5.74) is 6.36. The number of amidine groups is 1. The number of aryl methyl sites for hydroxylation is 1. The molecule has 0 fully saturated rings. The SMILES string of the molecule is Cc1ccc(N2N=C(c3ccccc3)[NH2+]N2c2nc3ccccc3s2)cc1. The molecule has 0 saturated carbocycles. The Kier molecular flexibility index (Phi) is 3.85. The van der Waals surface area contributed by atoms with Gasteiger partial charge in [0.1, 0.15) is 0 Å². The van der Waals surface area contributed by atoms with Crippen molar-refractivity contribution in [1.82, 2.24) is 4.98 Å². The number of rotatable bonds is 3. The summed E-state index contributed by atoms with van der Waals surface area (Å²) in [5.74, 6) is 0.912. The van der Waals surface area contributed by atoms with E-state index in [0.717, 1.165) is 32.4 Å². The van der Waals surface area contributed by atoms with Gasteiger partial charge in [-0.25, -0.2) is 4.98 Å². The number of hydrogen-bond donors (Lipinski definition) is 1. The molecule has 0 saturated heterocycles. The van der Waals surface area contributed by atoms with Gasteiger partial charge in [0.2, 0.25) is 0 Å². The molecule has 1 aliphatic rings. The highest BCUT2D eigenvalue weighted by Crippen LogP contribution is 2.30. The van der Waals surface area contributed by atoms with Crippen molar-refractivity contribution in [2.24, 2.45) is 5.10 Å². The number of aromatic nitrogens is 1. The van der Waals surface area contributed by atoms with Crippen molar-refractivity contribution in [3.05, 3.63) is 90.0 Å². The second kappa shape index (κ2) is 6.50. The largest absolute Gasteiger partial charge is 0.277 e. The van der Waals surface area contributed by atoms with Gasteiger partial charge in [-0.05, 0) is 43.3 Å². The lowest BCUT2D eigenvalue weighted by atomic mass is 10.2. The van der Waals surface area contributed by atoms with Gasteiger partial charge in [0.05, 0.1) is 21.5 Å². The van der Waals surface area contributed by atoms with Gasteiger partial charge in [-0.1, -0.05) is 69.6 Å². The molecular weight excluding hydrogens is 354 g/mol. The van der Waals surface area contributed by atoms with Crippen LogP contribution in [-0.2, 0) is 0 Å². The number of anilines is 2. The van der Waals surface area contributed by atoms with E-state index in [-0.39, 0.29) is 0 Å². The predicted molar refractivity (Wildman–Crippen MR) is 111 cm³/mol. The lowest BCUT2D eigenvalue weighted by molar-refractivity contribution is -0.545. The molecule has 0 aliphatic carbocycles. The minimum Gasteiger partial charge on any atom is -0.214 e. The van der Waals surface area contributed by atoms with Gasteiger partial charge < -0.3 is 0 Å². The van der Waals surface area contributed by atoms with Crippen LogP contribution in [0.4, 0.5) is 10.8 Å². The summed E-state index contributed by atoms with van der Waals surface area (Å²) < 4.78 is 1.16. The first-order valence-corrected chi connectivity index (χ1v) is 9.60. The number of quaternary nitrogens is 1. The van der Waals surface area contributed by atoms with E-state index in [2.05, 4.69) is 49.4 Å². The maximum absolute atomic E-state index is 4.87. The second-order valence-electron chi connectivity index (χ2n) is 6.41. The lowest BCUT2D eigenvalue weighted by Gasteiger charge is -2.21. The molecule has 1 aliphatic heterocycles. The molecule has 0 bridgehead atoms. The predicted octanol–water partition coefficient (Wildman–Crippen LogP) is 3.69. The Balaban J connectivity index is 1.59. The van der Waals surface area contributed by atoms with Gasteiger partial charge in [-0.2, -0.15) is 5.43 Å². The van der Waals surface area contributed by atoms with E-state index < -0.39 is 0 Å². The number of hydrazine groups is 1. The molecule has 0 unspecified atom stereocenters. The fraction of sp³-hybridized carbons (Fsp3) is 0.0476. The van der Waals surface area contributed by atoms with Gasteiger partial charge >= 0.3 is 0 Å². The third kappa shape index (κ3) is 2.95. The zero-order chi connectivity index (χ0) is 18.2. The van der Waals surface area contributed by atoms with E-state index in [1.54, 1.807) is 11.3 Å². The van der Waals surface area contributed by atoms with Gasteiger partial charge in [0.25, 0.3) is 11.0 Å². The summed E-state index contributed by atoms with van der Waals surface area (Å²) in [6, 6.07) is 26.8. The third-order valence-electron chi connectivity index (χ3n) is 4.46. The second-order valence-corrected chi connectivity index (χ2v) is 7.42. The Morgan fingerprint density at radius 3 is 2.37 bits per heavy atom. The van der Waals surface area contributed by atoms with Gasteiger partial charge in [-0.3, -0.25) is 0 Å². The van der Waals surface area contributed by atoms with Crippen LogP contribution >= 0.6 is 11.3 Å². The van der Waals surface area contributed by atoms with E-state index in [9.17, 15) is 0 Å². The zero-order valence-electron chi connectivity index (χ0n) is 14.8. The zero-order valence-corrected chi connectivity index (χ0v) is 15.6. The molecule has 0 amide bonds. The number of para-hydroxylation sites is 1. The molecule has 0 radical (unpaired) electrons. The van der Waals surface area contributed by atoms with Gasteiger partial charge in [-0.15, -0.1) is 5.12 Å². The fourth-order valence-electron chi connectivity index (χ4n) is 3.04. The summed E-state index contributed by atoms with van der Waals surface area (Å²) in [4.78, 5) is 4.81. The quantitative estimate of drug-likeness (QED) is 0.558. The van der Waals surface area contributed by atoms with Crippen molar-refractivity contribution < 1.29 is 5.43 Å². The van der Waals surface area contributed by atoms with Crippen molar-refractivity contribution in [2.45, 2.75) is 6.92 Å². The highest BCUT2D eigenvalue weighted by Gasteiger charge is 2.33. The summed E-state index contributed by atoms with van der Waals surface area (Å²) in [6.07, 6.45) is 0. The van der Waals surface area contributed by atoms with Crippen LogP contribution in [0, 0.1) is 6.92 Å². The Morgan fingerprint density at radius 2 is 1.59 bits per heavy atom. The molecular formula is C21H18N5S+. The van der Waals surface area contributed by atoms with E-state index in [1.807, 2.05) is 52.1 Å². The van der Waals surface area contributed by atoms with E-state index in [1.165, 1.54) is 5.56 Å². The summed E-state index contributed by atoms with van der Waals surface area (Å²) >= 11 is 1.66. The van der Waals surface area contributed by atoms with Crippen molar-refractivity contribution in [2.75, 3.05) is 10.2 Å². The topological polar surface area (TPSA) is 48.3 Å². The van der Waals surface area contributed by atoms with Crippen LogP contribution in [-0.4, -0.2) is 10.8 Å². The Hall–Kier alpha value is -3.22. The molecule has 0 atom stereocenters. The monoisotopic (exact) mass is 372 g/mol. The first-order chi connectivity index (χ1) is 13.3. The van der Waals surface area contributed by atoms with E-state index in [0.29, 0.717) is 0 Å². The first-order valence-electron chi connectivity index (χ1n) is 8.78. The minimum atomic E-state index is 0.895. The highest BCUT2D eigenvalue weighted by molar-refractivity contribution is 7.22. The number of nitrogens with two attached hydrogens (primary N) is 1. The van der Waals surface area contributed by atoms with Crippen molar-refractivity contribution in [3.8, 4) is 0 Å². The average Bonchev–Trinajstić information content (AvgIpc) is 3.33. The standard InChI is InChI=1S/C21H17N5S/c1-15-11-13-17(14-12-15)25-23-20(16-7-3-2-4-8-16)24-26(25)21-22-18-9-5-6-10-19(18)27-21/h2-14H,1H3,(H,23,24)/p+1. The van der Waals surface area contributed by atoms with Crippen LogP contribution in [0.2, 0.25) is 0 Å². The van der Waals surface area contributed by atoms with Crippen LogP contribution in [0.15, 0.2) is 84.0 Å². The molecule has 3 aromatic carbocycles. The Morgan fingerprint density at radius 1 is 0.852 bits per heavy atom. The molecule has 0 spiro atoms. The number of thiazole rings is 1. The molecule has 4 aromatic rings. The van der Waals surface area contributed by atoms with E-state index >= 15 is 0 Å². The fourth-order valence-corrected chi connectivity index (χ4v) is 3.97. The number of hydrogen-bond acceptors (Lipinski definition) is 5. The number of nitrogens with zero attached hydrogens (tertiary/aromatic N) is 4. The maximum atomic E-state index is 4.87. The Bertz CT molecular complexity index is 1090. The molecule has 2 heterocycles. The molecule has 2 N–H and O–H groups in total. The van der Waals surface area contributed by atoms with Gasteiger partial charge in [0.15, 0.2) is 0 Å². The maximum Gasteiger partial charge on any atom is 0.277 e. The van der Waals surface area contributed by atoms with Crippen LogP contribution in [0.5, 0.6) is 0 Å². The average molecular weight is 372 g/mol. The highest BCUT2D eigenvalue weighted by atomic mass is 32.1. The number of benzene rings is 3. The van der Waals surface area contributed by atoms with Crippen LogP contribution < -0.4 is 15.7 Å². The van der Waals surface area contributed by atoms with Crippen molar-refractivity contribution in [1.29, 1.82) is 0 Å². The number of hydrazone groups is 1. The van der Waals surface area contributed by atoms with Crippen molar-refractivity contribution >= 4 is 38.2 Å². The first kappa shape index (κ1) is 16.0.